The van der Waals surface area contributed by atoms with Gasteiger partial charge in [-0.05, 0) is 56.0 Å². The molecule has 3 heterocycles. The van der Waals surface area contributed by atoms with Crippen molar-refractivity contribution >= 4 is 0 Å². The van der Waals surface area contributed by atoms with E-state index in [-0.39, 0.29) is 25.8 Å². The van der Waals surface area contributed by atoms with E-state index in [1.165, 1.54) is 22.8 Å². The molecule has 0 N–H and O–H groups in total. The summed E-state index contributed by atoms with van der Waals surface area (Å²) in [4.78, 5) is 12.9. The number of rotatable bonds is 4. The summed E-state index contributed by atoms with van der Waals surface area (Å²) in [7, 11) is 0. The molecule has 0 fully saturated rings. The van der Waals surface area contributed by atoms with E-state index in [9.17, 15) is 0 Å². The summed E-state index contributed by atoms with van der Waals surface area (Å²) in [6, 6.07) is 56.3. The van der Waals surface area contributed by atoms with Gasteiger partial charge < -0.3 is 15.0 Å². The zero-order valence-electron chi connectivity index (χ0n) is 28.6. The molecule has 0 radical (unpaired) electrons. The molecule has 4 heteroatoms. The van der Waals surface area contributed by atoms with Gasteiger partial charge in [0, 0.05) is 21.7 Å². The zero-order valence-corrected chi connectivity index (χ0v) is 28.0. The smallest absolute Gasteiger partial charge is 0.305 e. The standard InChI is InChI=1S/C18H14N.2C12H10N.Ir/c1-14-11-12-19-18(13-14)17-9-7-16(8-10-17)15-5-3-2-4-6-15;2*1-10-6-5-9-12(13-10)11-7-3-2-4-8-11;/h2-9,11-13H,1H3;2*2-7,9H,1H3;/q3*-1;+3/i;1D3;;. The van der Waals surface area contributed by atoms with E-state index in [0.717, 1.165) is 33.8 Å². The molecule has 0 aliphatic rings. The van der Waals surface area contributed by atoms with E-state index < -0.39 is 6.85 Å². The van der Waals surface area contributed by atoms with Gasteiger partial charge in [-0.2, -0.15) is 0 Å². The van der Waals surface area contributed by atoms with Gasteiger partial charge in [0.1, 0.15) is 0 Å². The first-order chi connectivity index (χ1) is 23.3. The summed E-state index contributed by atoms with van der Waals surface area (Å²) in [5.74, 6) is 0. The largest absolute Gasteiger partial charge is 3.00 e. The van der Waals surface area contributed by atoms with E-state index >= 15 is 0 Å². The Morgan fingerprint density at radius 3 is 1.67 bits per heavy atom. The van der Waals surface area contributed by atoms with Gasteiger partial charge in [-0.15, -0.1) is 102 Å². The first-order valence-corrected chi connectivity index (χ1v) is 14.6. The third-order valence-electron chi connectivity index (χ3n) is 6.72. The van der Waals surface area contributed by atoms with Crippen molar-refractivity contribution in [3.8, 4) is 44.9 Å². The van der Waals surface area contributed by atoms with Gasteiger partial charge in [0.2, 0.25) is 0 Å². The van der Waals surface area contributed by atoms with Gasteiger partial charge in [-0.25, -0.2) is 0 Å². The number of hydrogen-bond acceptors (Lipinski definition) is 3. The third-order valence-corrected chi connectivity index (χ3v) is 6.72. The van der Waals surface area contributed by atoms with E-state index in [4.69, 9.17) is 4.11 Å². The summed E-state index contributed by atoms with van der Waals surface area (Å²) in [6.07, 6.45) is 1.84. The Hall–Kier alpha value is -5.02. The topological polar surface area (TPSA) is 38.7 Å². The molecule has 0 spiro atoms. The summed E-state index contributed by atoms with van der Waals surface area (Å²) in [5.41, 5.74) is 10.2. The minimum absolute atomic E-state index is 0. The van der Waals surface area contributed by atoms with E-state index in [2.05, 4.69) is 70.4 Å². The average Bonchev–Trinajstić information content (AvgIpc) is 3.13. The molecule has 46 heavy (non-hydrogen) atoms. The van der Waals surface area contributed by atoms with Crippen LogP contribution in [0, 0.1) is 38.9 Å². The summed E-state index contributed by atoms with van der Waals surface area (Å²) in [5, 5.41) is 0. The second-order valence-corrected chi connectivity index (χ2v) is 10.2. The Kier molecular flexibility index (Phi) is 11.3. The van der Waals surface area contributed by atoms with Crippen LogP contribution in [0.1, 0.15) is 21.1 Å². The summed E-state index contributed by atoms with van der Waals surface area (Å²) < 4.78 is 21.9. The maximum absolute atomic E-state index is 7.29. The van der Waals surface area contributed by atoms with Gasteiger partial charge >= 0.3 is 20.1 Å². The Labute approximate surface area is 290 Å². The zero-order chi connectivity index (χ0) is 33.8. The van der Waals surface area contributed by atoms with E-state index in [1.807, 2.05) is 104 Å². The molecule has 0 saturated carbocycles. The monoisotopic (exact) mass is 776 g/mol. The second kappa shape index (κ2) is 17.5. The van der Waals surface area contributed by atoms with Crippen molar-refractivity contribution in [3.05, 3.63) is 187 Å². The first kappa shape index (κ1) is 29.7. The van der Waals surface area contributed by atoms with Crippen LogP contribution in [0.3, 0.4) is 0 Å². The molecular weight excluding hydrogens is 739 g/mol. The molecule has 0 bridgehead atoms. The number of benzene rings is 4. The molecule has 226 valence electrons. The number of nitrogens with zero attached hydrogens (tertiary/aromatic N) is 3. The summed E-state index contributed by atoms with van der Waals surface area (Å²) >= 11 is 0. The average molecular weight is 776 g/mol. The molecule has 0 saturated heterocycles. The number of pyridine rings is 3. The van der Waals surface area contributed by atoms with Crippen molar-refractivity contribution in [2.45, 2.75) is 20.7 Å². The van der Waals surface area contributed by atoms with Crippen LogP contribution in [-0.2, 0) is 20.1 Å². The fourth-order valence-corrected chi connectivity index (χ4v) is 4.46. The predicted octanol–water partition coefficient (Wildman–Crippen LogP) is 10.2. The van der Waals surface area contributed by atoms with Crippen LogP contribution >= 0.6 is 0 Å². The van der Waals surface area contributed by atoms with Crippen LogP contribution in [-0.4, -0.2) is 15.0 Å². The van der Waals surface area contributed by atoms with Gasteiger partial charge in [0.25, 0.3) is 0 Å². The Morgan fingerprint density at radius 1 is 0.522 bits per heavy atom. The van der Waals surface area contributed by atoms with Crippen LogP contribution in [0.5, 0.6) is 0 Å². The minimum atomic E-state index is -2.16. The van der Waals surface area contributed by atoms with Crippen molar-refractivity contribution in [1.82, 2.24) is 15.0 Å². The van der Waals surface area contributed by atoms with Gasteiger partial charge in [-0.3, -0.25) is 0 Å². The van der Waals surface area contributed by atoms with Crippen LogP contribution in [0.25, 0.3) is 44.9 Å². The van der Waals surface area contributed by atoms with Crippen molar-refractivity contribution in [2.24, 2.45) is 0 Å². The maximum Gasteiger partial charge on any atom is 3.00 e. The van der Waals surface area contributed by atoms with Gasteiger partial charge in [-0.1, -0.05) is 77.4 Å². The molecule has 0 atom stereocenters. The molecule has 0 aliphatic carbocycles. The van der Waals surface area contributed by atoms with Crippen LogP contribution < -0.4 is 0 Å². The molecule has 7 rings (SSSR count). The van der Waals surface area contributed by atoms with Crippen molar-refractivity contribution in [3.63, 3.8) is 0 Å². The third kappa shape index (κ3) is 10.0. The molecule has 3 aromatic heterocycles. The SMILES string of the molecule is Cc1cccc(-c2[c-]cccc2)n1.Cc1ccnc(-c2[c-]cc(-c3ccccc3)cc2)c1.[2H]C([2H])([2H])c1cccc(-c2[c-]cccc2)n1.[Ir+3]. The fraction of sp³-hybridized carbons (Fsp3) is 0.0714. The van der Waals surface area contributed by atoms with Crippen LogP contribution in [0.15, 0.2) is 152 Å². The number of aromatic nitrogens is 3. The van der Waals surface area contributed by atoms with Crippen molar-refractivity contribution in [1.29, 1.82) is 0 Å². The van der Waals surface area contributed by atoms with Crippen LogP contribution in [0.2, 0.25) is 0 Å². The normalized spacial score (nSPS) is 11.1. The molecule has 0 amide bonds. The molecule has 4 aromatic carbocycles. The summed E-state index contributed by atoms with van der Waals surface area (Å²) in [6.45, 7) is 1.90. The quantitative estimate of drug-likeness (QED) is 0.167. The van der Waals surface area contributed by atoms with E-state index in [0.29, 0.717) is 5.69 Å². The predicted molar refractivity (Wildman–Crippen MR) is 185 cm³/mol. The first-order valence-electron chi connectivity index (χ1n) is 16.1. The minimum Gasteiger partial charge on any atom is -0.305 e. The molecule has 0 aliphatic heterocycles. The van der Waals surface area contributed by atoms with Crippen molar-refractivity contribution in [2.75, 3.05) is 0 Å². The van der Waals surface area contributed by atoms with Gasteiger partial charge in [0.05, 0.1) is 0 Å². The number of hydrogen-bond donors (Lipinski definition) is 0. The maximum atomic E-state index is 7.29. The fourth-order valence-electron chi connectivity index (χ4n) is 4.46. The molecule has 3 nitrogen and oxygen atoms in total. The van der Waals surface area contributed by atoms with E-state index in [1.54, 1.807) is 18.2 Å². The molecular formula is C42H34IrN3. The Morgan fingerprint density at radius 2 is 1.13 bits per heavy atom. The molecule has 0 unspecified atom stereocenters. The molecule has 7 aromatic rings. The van der Waals surface area contributed by atoms with Gasteiger partial charge in [0.15, 0.2) is 0 Å². The van der Waals surface area contributed by atoms with Crippen LogP contribution in [0.4, 0.5) is 0 Å². The Bertz CT molecular complexity index is 2020. The Balaban J connectivity index is 0.000000167. The second-order valence-electron chi connectivity index (χ2n) is 10.2. The number of aryl methyl sites for hydroxylation is 3. The van der Waals surface area contributed by atoms with Crippen molar-refractivity contribution < 1.29 is 24.2 Å².